The number of anilines is 1. The minimum Gasteiger partial charge on any atom is -0.444 e. The Balaban J connectivity index is 2.63. The van der Waals surface area contributed by atoms with Crippen molar-refractivity contribution in [2.24, 2.45) is 0 Å². The van der Waals surface area contributed by atoms with Gasteiger partial charge in [0, 0.05) is 0 Å². The highest BCUT2D eigenvalue weighted by molar-refractivity contribution is 7.15. The van der Waals surface area contributed by atoms with Crippen molar-refractivity contribution in [2.45, 2.75) is 59.1 Å². The average molecular weight is 314 g/mol. The third-order valence-corrected chi connectivity index (χ3v) is 3.10. The van der Waals surface area contributed by atoms with E-state index < -0.39 is 17.7 Å². The first kappa shape index (κ1) is 17.4. The van der Waals surface area contributed by atoms with Crippen LogP contribution in [0.4, 0.5) is 9.93 Å². The van der Waals surface area contributed by atoms with Crippen LogP contribution >= 0.6 is 11.3 Å². The molecule has 0 aliphatic carbocycles. The van der Waals surface area contributed by atoms with Crippen molar-refractivity contribution in [1.82, 2.24) is 15.5 Å². The molecular weight excluding hydrogens is 292 g/mol. The minimum atomic E-state index is -0.658. The summed E-state index contributed by atoms with van der Waals surface area (Å²) in [4.78, 5) is 23.9. The summed E-state index contributed by atoms with van der Waals surface area (Å²) in [7, 11) is 0. The Bertz CT molecular complexity index is 496. The molecule has 0 bridgehead atoms. The van der Waals surface area contributed by atoms with E-state index in [2.05, 4.69) is 20.8 Å². The van der Waals surface area contributed by atoms with Crippen molar-refractivity contribution in [3.05, 3.63) is 5.01 Å². The van der Waals surface area contributed by atoms with Gasteiger partial charge in [-0.05, 0) is 34.1 Å². The number of ether oxygens (including phenoxy) is 1. The summed E-state index contributed by atoms with van der Waals surface area (Å²) in [6, 6.07) is -0.658. The highest BCUT2D eigenvalue weighted by atomic mass is 32.1. The first-order valence-electron chi connectivity index (χ1n) is 6.81. The highest BCUT2D eigenvalue weighted by Crippen LogP contribution is 2.14. The van der Waals surface area contributed by atoms with Crippen molar-refractivity contribution in [1.29, 1.82) is 0 Å². The second kappa shape index (κ2) is 7.35. The van der Waals surface area contributed by atoms with E-state index in [9.17, 15) is 9.59 Å². The number of hydrogen-bond acceptors (Lipinski definition) is 6. The van der Waals surface area contributed by atoms with E-state index in [0.717, 1.165) is 11.4 Å². The van der Waals surface area contributed by atoms with E-state index in [0.29, 0.717) is 11.6 Å². The van der Waals surface area contributed by atoms with Gasteiger partial charge in [0.1, 0.15) is 16.7 Å². The number of aromatic nitrogens is 2. The van der Waals surface area contributed by atoms with Crippen LogP contribution < -0.4 is 10.6 Å². The second-order valence-corrected chi connectivity index (χ2v) is 6.78. The van der Waals surface area contributed by atoms with Crippen LogP contribution in [0, 0.1) is 6.92 Å². The van der Waals surface area contributed by atoms with Gasteiger partial charge in [-0.15, -0.1) is 10.2 Å². The Morgan fingerprint density at radius 3 is 2.48 bits per heavy atom. The quantitative estimate of drug-likeness (QED) is 0.871. The number of amides is 2. The summed E-state index contributed by atoms with van der Waals surface area (Å²) in [6.45, 7) is 9.05. The summed E-state index contributed by atoms with van der Waals surface area (Å²) in [5, 5.41) is 14.1. The molecule has 1 heterocycles. The van der Waals surface area contributed by atoms with Crippen LogP contribution in [-0.4, -0.2) is 33.8 Å². The molecule has 0 spiro atoms. The van der Waals surface area contributed by atoms with Crippen molar-refractivity contribution >= 4 is 28.5 Å². The van der Waals surface area contributed by atoms with Crippen LogP contribution in [0.2, 0.25) is 0 Å². The van der Waals surface area contributed by atoms with Crippen LogP contribution in [0.5, 0.6) is 0 Å². The lowest BCUT2D eigenvalue weighted by Crippen LogP contribution is -2.45. The van der Waals surface area contributed by atoms with Gasteiger partial charge in [-0.1, -0.05) is 24.7 Å². The number of carbonyl (C=O) groups excluding carboxylic acids is 2. The fraction of sp³-hybridized carbons (Fsp3) is 0.692. The lowest BCUT2D eigenvalue weighted by Gasteiger charge is -2.22. The third-order valence-electron chi connectivity index (χ3n) is 2.34. The van der Waals surface area contributed by atoms with Crippen LogP contribution in [0.25, 0.3) is 0 Å². The summed E-state index contributed by atoms with van der Waals surface area (Å²) in [6.07, 6.45) is 0.663. The van der Waals surface area contributed by atoms with E-state index in [1.54, 1.807) is 27.7 Å². The number of alkyl carbamates (subject to hydrolysis) is 1. The van der Waals surface area contributed by atoms with Crippen molar-refractivity contribution < 1.29 is 14.3 Å². The molecule has 2 amide bonds. The molecule has 0 saturated heterocycles. The topological polar surface area (TPSA) is 93.2 Å². The number of rotatable bonds is 5. The fourth-order valence-corrected chi connectivity index (χ4v) is 2.14. The van der Waals surface area contributed by atoms with Gasteiger partial charge in [0.25, 0.3) is 0 Å². The molecular formula is C13H22N4O3S. The number of nitrogens with one attached hydrogen (secondary N) is 2. The van der Waals surface area contributed by atoms with Gasteiger partial charge in [0.15, 0.2) is 0 Å². The molecule has 0 aliphatic rings. The molecule has 0 saturated carbocycles. The second-order valence-electron chi connectivity index (χ2n) is 5.60. The van der Waals surface area contributed by atoms with Gasteiger partial charge in [-0.3, -0.25) is 10.1 Å². The van der Waals surface area contributed by atoms with Gasteiger partial charge in [-0.2, -0.15) is 0 Å². The molecule has 0 radical (unpaired) electrons. The van der Waals surface area contributed by atoms with Crippen LogP contribution in [0.15, 0.2) is 0 Å². The van der Waals surface area contributed by atoms with Crippen LogP contribution in [0.1, 0.15) is 45.5 Å². The molecule has 0 aliphatic heterocycles. The lowest BCUT2D eigenvalue weighted by molar-refractivity contribution is -0.118. The molecule has 7 nitrogen and oxygen atoms in total. The maximum absolute atomic E-state index is 12.2. The summed E-state index contributed by atoms with van der Waals surface area (Å²) in [5.74, 6) is -0.321. The van der Waals surface area contributed by atoms with E-state index >= 15 is 0 Å². The number of carbonyl (C=O) groups is 2. The van der Waals surface area contributed by atoms with Crippen molar-refractivity contribution in [3.8, 4) is 0 Å². The maximum atomic E-state index is 12.2. The number of nitrogens with zero attached hydrogens (tertiary/aromatic N) is 2. The molecule has 1 rings (SSSR count). The summed E-state index contributed by atoms with van der Waals surface area (Å²) >= 11 is 1.28. The van der Waals surface area contributed by atoms with Gasteiger partial charge in [0.05, 0.1) is 0 Å². The molecule has 1 unspecified atom stereocenters. The largest absolute Gasteiger partial charge is 0.444 e. The molecule has 2 N–H and O–H groups in total. The highest BCUT2D eigenvalue weighted by Gasteiger charge is 2.24. The third kappa shape index (κ3) is 6.52. The summed E-state index contributed by atoms with van der Waals surface area (Å²) < 4.78 is 5.16. The fourth-order valence-electron chi connectivity index (χ4n) is 1.55. The Labute approximate surface area is 128 Å². The molecule has 0 fully saturated rings. The van der Waals surface area contributed by atoms with Crippen molar-refractivity contribution in [3.63, 3.8) is 0 Å². The van der Waals surface area contributed by atoms with E-state index in [-0.39, 0.29) is 5.91 Å². The normalized spacial score (nSPS) is 12.6. The van der Waals surface area contributed by atoms with Gasteiger partial charge in [-0.25, -0.2) is 4.79 Å². The number of hydrogen-bond donors (Lipinski definition) is 2. The lowest BCUT2D eigenvalue weighted by atomic mass is 10.1. The Morgan fingerprint density at radius 2 is 2.00 bits per heavy atom. The molecule has 1 aromatic rings. The molecule has 1 atom stereocenters. The standard InChI is InChI=1S/C13H22N4O3S/c1-6-7-9(14-12(19)20-13(3,4)5)10(18)15-11-17-16-8(2)21-11/h9H,6-7H2,1-5H3,(H,14,19)(H,15,17,18). The van der Waals surface area contributed by atoms with Crippen molar-refractivity contribution in [2.75, 3.05) is 5.32 Å². The molecule has 1 aromatic heterocycles. The first-order valence-corrected chi connectivity index (χ1v) is 7.63. The SMILES string of the molecule is CCCC(NC(=O)OC(C)(C)C)C(=O)Nc1nnc(C)s1. The zero-order chi connectivity index (χ0) is 16.0. The smallest absolute Gasteiger partial charge is 0.408 e. The van der Waals surface area contributed by atoms with Gasteiger partial charge < -0.3 is 10.1 Å². The van der Waals surface area contributed by atoms with E-state index in [1.807, 2.05) is 6.92 Å². The van der Waals surface area contributed by atoms with Crippen LogP contribution in [0.3, 0.4) is 0 Å². The molecule has 0 aromatic carbocycles. The Hall–Kier alpha value is -1.70. The van der Waals surface area contributed by atoms with E-state index in [1.165, 1.54) is 11.3 Å². The molecule has 8 heteroatoms. The predicted octanol–water partition coefficient (Wildman–Crippen LogP) is 2.48. The summed E-state index contributed by atoms with van der Waals surface area (Å²) in [5.41, 5.74) is -0.604. The Kier molecular flexibility index (Phi) is 6.07. The van der Waals surface area contributed by atoms with E-state index in [4.69, 9.17) is 4.74 Å². The monoisotopic (exact) mass is 314 g/mol. The molecule has 118 valence electrons. The van der Waals surface area contributed by atoms with Crippen LogP contribution in [-0.2, 0) is 9.53 Å². The zero-order valence-corrected chi connectivity index (χ0v) is 13.8. The minimum absolute atomic E-state index is 0.321. The predicted molar refractivity (Wildman–Crippen MR) is 81.3 cm³/mol. The maximum Gasteiger partial charge on any atom is 0.408 e. The average Bonchev–Trinajstić information content (AvgIpc) is 2.71. The Morgan fingerprint density at radius 1 is 1.33 bits per heavy atom. The first-order chi connectivity index (χ1) is 9.71. The number of aryl methyl sites for hydroxylation is 1. The van der Waals surface area contributed by atoms with Gasteiger partial charge >= 0.3 is 6.09 Å². The zero-order valence-electron chi connectivity index (χ0n) is 13.0. The molecule has 21 heavy (non-hydrogen) atoms. The van der Waals surface area contributed by atoms with Gasteiger partial charge in [0.2, 0.25) is 11.0 Å².